The molecule has 6 nitrogen and oxygen atoms in total. The number of carboxylic acids is 1. The molecule has 2 amide bonds. The van der Waals surface area contributed by atoms with E-state index in [1.165, 1.54) is 17.7 Å². The standard InChI is InChI=1S/C29H29FN2O4/c30-24-2-1-3-25(18-24)31-29(35)32-14-15-36-27-17-23(12-13-26(27)32)22-10-8-21(9-11-22)20-6-4-19(5-7-20)16-28(33)34/h1-3,8-13,17-20H,4-7,14-16H2,(H,31,35)(H,33,34). The van der Waals surface area contributed by atoms with Gasteiger partial charge in [-0.25, -0.2) is 9.18 Å². The molecule has 1 aliphatic carbocycles. The lowest BCUT2D eigenvalue weighted by Gasteiger charge is -2.30. The van der Waals surface area contributed by atoms with Gasteiger partial charge in [0.25, 0.3) is 0 Å². The van der Waals surface area contributed by atoms with Crippen molar-refractivity contribution in [1.29, 1.82) is 0 Å². The van der Waals surface area contributed by atoms with Gasteiger partial charge in [0.1, 0.15) is 18.2 Å². The molecular formula is C29H29FN2O4. The van der Waals surface area contributed by atoms with E-state index < -0.39 is 11.8 Å². The summed E-state index contributed by atoms with van der Waals surface area (Å²) in [4.78, 5) is 25.4. The van der Waals surface area contributed by atoms with E-state index in [1.807, 2.05) is 18.2 Å². The van der Waals surface area contributed by atoms with E-state index in [4.69, 9.17) is 9.84 Å². The molecule has 7 heteroatoms. The monoisotopic (exact) mass is 488 g/mol. The molecule has 3 aromatic rings. The third kappa shape index (κ3) is 5.35. The third-order valence-electron chi connectivity index (χ3n) is 7.17. The van der Waals surface area contributed by atoms with Gasteiger partial charge in [0.2, 0.25) is 0 Å². The summed E-state index contributed by atoms with van der Waals surface area (Å²) in [6, 6.07) is 19.8. The highest BCUT2D eigenvalue weighted by Gasteiger charge is 2.26. The average Bonchev–Trinajstić information content (AvgIpc) is 2.88. The van der Waals surface area contributed by atoms with Gasteiger partial charge in [-0.05, 0) is 84.5 Å². The number of amides is 2. The Morgan fingerprint density at radius 3 is 2.44 bits per heavy atom. The maximum absolute atomic E-state index is 13.5. The molecule has 0 radical (unpaired) electrons. The number of ether oxygens (including phenoxy) is 1. The van der Waals surface area contributed by atoms with Crippen LogP contribution in [0.2, 0.25) is 0 Å². The van der Waals surface area contributed by atoms with Crippen LogP contribution in [0.25, 0.3) is 11.1 Å². The fourth-order valence-electron chi connectivity index (χ4n) is 5.26. The van der Waals surface area contributed by atoms with Crippen molar-refractivity contribution in [1.82, 2.24) is 0 Å². The minimum atomic E-state index is -0.702. The Morgan fingerprint density at radius 1 is 0.972 bits per heavy atom. The highest BCUT2D eigenvalue weighted by Crippen LogP contribution is 2.39. The van der Waals surface area contributed by atoms with Gasteiger partial charge in [0, 0.05) is 12.1 Å². The minimum absolute atomic E-state index is 0.274. The third-order valence-corrected chi connectivity index (χ3v) is 7.17. The van der Waals surface area contributed by atoms with Crippen molar-refractivity contribution in [2.45, 2.75) is 38.0 Å². The zero-order valence-electron chi connectivity index (χ0n) is 20.0. The molecule has 0 aromatic heterocycles. The van der Waals surface area contributed by atoms with Crippen molar-refractivity contribution in [2.75, 3.05) is 23.4 Å². The molecule has 1 aliphatic heterocycles. The Hall–Kier alpha value is -3.87. The van der Waals surface area contributed by atoms with Gasteiger partial charge < -0.3 is 15.2 Å². The summed E-state index contributed by atoms with van der Waals surface area (Å²) in [7, 11) is 0. The van der Waals surface area contributed by atoms with Crippen LogP contribution in [-0.4, -0.2) is 30.3 Å². The van der Waals surface area contributed by atoms with Crippen molar-refractivity contribution in [3.63, 3.8) is 0 Å². The van der Waals surface area contributed by atoms with Gasteiger partial charge in [-0.15, -0.1) is 0 Å². The number of nitrogens with one attached hydrogen (secondary N) is 1. The molecule has 0 saturated heterocycles. The van der Waals surface area contributed by atoms with Crippen LogP contribution in [0.15, 0.2) is 66.7 Å². The first-order valence-electron chi connectivity index (χ1n) is 12.4. The van der Waals surface area contributed by atoms with E-state index in [2.05, 4.69) is 29.6 Å². The zero-order valence-corrected chi connectivity index (χ0v) is 20.0. The molecule has 36 heavy (non-hydrogen) atoms. The molecule has 1 heterocycles. The quantitative estimate of drug-likeness (QED) is 0.420. The molecule has 5 rings (SSSR count). The predicted molar refractivity (Wildman–Crippen MR) is 137 cm³/mol. The molecule has 0 spiro atoms. The Balaban J connectivity index is 1.27. The molecule has 1 fully saturated rings. The Kier molecular flexibility index (Phi) is 6.89. The van der Waals surface area contributed by atoms with E-state index in [1.54, 1.807) is 17.0 Å². The number of nitrogens with zero attached hydrogens (tertiary/aromatic N) is 1. The normalized spacial score (nSPS) is 19.2. The molecule has 0 atom stereocenters. The smallest absolute Gasteiger partial charge is 0.326 e. The summed E-state index contributed by atoms with van der Waals surface area (Å²) in [5.74, 6) is 0.294. The number of aliphatic carboxylic acids is 1. The number of hydrogen-bond donors (Lipinski definition) is 2. The van der Waals surface area contributed by atoms with Crippen molar-refractivity contribution < 1.29 is 23.8 Å². The Labute approximate surface area is 209 Å². The number of anilines is 2. The summed E-state index contributed by atoms with van der Waals surface area (Å²) in [6.45, 7) is 0.771. The second-order valence-electron chi connectivity index (χ2n) is 9.56. The highest BCUT2D eigenvalue weighted by molar-refractivity contribution is 6.03. The number of carbonyl (C=O) groups is 2. The maximum atomic E-state index is 13.5. The fraction of sp³-hybridized carbons (Fsp3) is 0.310. The second-order valence-corrected chi connectivity index (χ2v) is 9.56. The summed E-state index contributed by atoms with van der Waals surface area (Å²) in [5.41, 5.74) is 4.43. The summed E-state index contributed by atoms with van der Waals surface area (Å²) in [5, 5.41) is 11.8. The van der Waals surface area contributed by atoms with Crippen LogP contribution in [-0.2, 0) is 4.79 Å². The van der Waals surface area contributed by atoms with E-state index in [9.17, 15) is 14.0 Å². The van der Waals surface area contributed by atoms with Crippen LogP contribution in [0.1, 0.15) is 43.6 Å². The lowest BCUT2D eigenvalue weighted by molar-refractivity contribution is -0.138. The van der Waals surface area contributed by atoms with Crippen LogP contribution >= 0.6 is 0 Å². The van der Waals surface area contributed by atoms with Crippen molar-refractivity contribution in [2.24, 2.45) is 5.92 Å². The lowest BCUT2D eigenvalue weighted by Crippen LogP contribution is -2.40. The van der Waals surface area contributed by atoms with Crippen LogP contribution in [0.5, 0.6) is 5.75 Å². The van der Waals surface area contributed by atoms with Crippen molar-refractivity contribution in [3.05, 3.63) is 78.1 Å². The van der Waals surface area contributed by atoms with E-state index >= 15 is 0 Å². The van der Waals surface area contributed by atoms with Gasteiger partial charge in [-0.2, -0.15) is 0 Å². The lowest BCUT2D eigenvalue weighted by atomic mass is 9.77. The number of hydrogen-bond acceptors (Lipinski definition) is 3. The number of carboxylic acid groups (broad SMARTS) is 1. The van der Waals surface area contributed by atoms with E-state index in [0.29, 0.717) is 42.1 Å². The Bertz CT molecular complexity index is 1250. The Morgan fingerprint density at radius 2 is 1.72 bits per heavy atom. The molecular weight excluding hydrogens is 459 g/mol. The number of carbonyl (C=O) groups excluding carboxylic acids is 1. The van der Waals surface area contributed by atoms with Crippen LogP contribution in [0, 0.1) is 11.7 Å². The molecule has 3 aromatic carbocycles. The number of rotatable bonds is 5. The molecule has 186 valence electrons. The van der Waals surface area contributed by atoms with Gasteiger partial charge >= 0.3 is 12.0 Å². The molecule has 0 bridgehead atoms. The molecule has 0 unspecified atom stereocenters. The zero-order chi connectivity index (χ0) is 25.1. The number of urea groups is 1. The van der Waals surface area contributed by atoms with E-state index in [0.717, 1.165) is 36.8 Å². The van der Waals surface area contributed by atoms with Gasteiger partial charge in [0.15, 0.2) is 0 Å². The molecule has 1 saturated carbocycles. The van der Waals surface area contributed by atoms with Gasteiger partial charge in [-0.1, -0.05) is 36.4 Å². The molecule has 2 N–H and O–H groups in total. The van der Waals surface area contributed by atoms with Gasteiger partial charge in [0.05, 0.1) is 12.2 Å². The second kappa shape index (κ2) is 10.4. The fourth-order valence-corrected chi connectivity index (χ4v) is 5.26. The van der Waals surface area contributed by atoms with Crippen LogP contribution < -0.4 is 15.0 Å². The van der Waals surface area contributed by atoms with Crippen molar-refractivity contribution >= 4 is 23.4 Å². The first-order valence-corrected chi connectivity index (χ1v) is 12.4. The van der Waals surface area contributed by atoms with Crippen molar-refractivity contribution in [3.8, 4) is 16.9 Å². The number of fused-ring (bicyclic) bond motifs is 1. The minimum Gasteiger partial charge on any atom is -0.490 e. The van der Waals surface area contributed by atoms with Crippen LogP contribution in [0.4, 0.5) is 20.6 Å². The summed E-state index contributed by atoms with van der Waals surface area (Å²) in [6.07, 6.45) is 4.25. The first kappa shape index (κ1) is 23.9. The largest absolute Gasteiger partial charge is 0.490 e. The summed E-state index contributed by atoms with van der Waals surface area (Å²) < 4.78 is 19.4. The SMILES string of the molecule is O=C(O)CC1CCC(c2ccc(-c3ccc4c(c3)OCCN4C(=O)Nc3cccc(F)c3)cc2)CC1. The maximum Gasteiger partial charge on any atom is 0.326 e. The highest BCUT2D eigenvalue weighted by atomic mass is 19.1. The predicted octanol–water partition coefficient (Wildman–Crippen LogP) is 6.67. The summed E-state index contributed by atoms with van der Waals surface area (Å²) >= 11 is 0. The average molecular weight is 489 g/mol. The number of benzene rings is 3. The molecule has 2 aliphatic rings. The van der Waals surface area contributed by atoms with Gasteiger partial charge in [-0.3, -0.25) is 9.69 Å². The van der Waals surface area contributed by atoms with Crippen LogP contribution in [0.3, 0.4) is 0 Å². The number of halogens is 1. The first-order chi connectivity index (χ1) is 17.5. The topological polar surface area (TPSA) is 78.9 Å². The van der Waals surface area contributed by atoms with E-state index in [-0.39, 0.29) is 12.5 Å².